The molecule has 0 aromatic carbocycles. The van der Waals surface area contributed by atoms with Gasteiger partial charge in [0.25, 0.3) is 0 Å². The van der Waals surface area contributed by atoms with Gasteiger partial charge in [0.05, 0.1) is 25.9 Å². The zero-order valence-corrected chi connectivity index (χ0v) is 17.4. The zero-order chi connectivity index (χ0) is 24.4. The van der Waals surface area contributed by atoms with Gasteiger partial charge >= 0.3 is 0 Å². The predicted molar refractivity (Wildman–Crippen MR) is 99.9 cm³/mol. The van der Waals surface area contributed by atoms with E-state index in [0.29, 0.717) is 0 Å². The number of hydrogen-bond acceptors (Lipinski definition) is 15. The normalized spacial score (nSPS) is 51.5. The lowest BCUT2D eigenvalue weighted by Crippen LogP contribution is -2.63. The Morgan fingerprint density at radius 1 is 0.606 bits per heavy atom. The standard InChI is InChI=1S/C18H32O15/c19-2-7-5(21)1-6(22)17(31-7)33-15-11(24)9(30-16(28)14(15)27)4-29-18-13(26)12(25)10(23)8(3-20)32-18/h5-28H,1-4H2/t5-,6-,7+,8+,9+,10+,11+,12-,13-,14-,15-,16-,17+,18-/m0/s1. The number of ether oxygens (including phenoxy) is 5. The Morgan fingerprint density at radius 2 is 1.24 bits per heavy atom. The highest BCUT2D eigenvalue weighted by molar-refractivity contribution is 4.93. The molecule has 194 valence electrons. The lowest BCUT2D eigenvalue weighted by atomic mass is 9.97. The molecule has 0 radical (unpaired) electrons. The molecule has 0 aliphatic carbocycles. The van der Waals surface area contributed by atoms with Gasteiger partial charge in [0, 0.05) is 6.42 Å². The smallest absolute Gasteiger partial charge is 0.186 e. The zero-order valence-electron chi connectivity index (χ0n) is 17.4. The largest absolute Gasteiger partial charge is 0.394 e. The number of aliphatic hydroxyl groups is 10. The van der Waals surface area contributed by atoms with Crippen LogP contribution in [-0.4, -0.2) is 157 Å². The second-order valence-electron chi connectivity index (χ2n) is 8.27. The van der Waals surface area contributed by atoms with Crippen LogP contribution in [-0.2, 0) is 23.7 Å². The molecular weight excluding hydrogens is 456 g/mol. The Labute approximate surface area is 187 Å². The third-order valence-electron chi connectivity index (χ3n) is 5.94. The average molecular weight is 488 g/mol. The maximum atomic E-state index is 10.6. The first kappa shape index (κ1) is 27.0. The van der Waals surface area contributed by atoms with E-state index in [0.717, 1.165) is 0 Å². The molecule has 3 aliphatic heterocycles. The van der Waals surface area contributed by atoms with E-state index in [-0.39, 0.29) is 6.42 Å². The fourth-order valence-electron chi connectivity index (χ4n) is 3.92. The molecule has 0 aromatic heterocycles. The Balaban J connectivity index is 1.63. The molecule has 10 N–H and O–H groups in total. The highest BCUT2D eigenvalue weighted by atomic mass is 16.7. The van der Waals surface area contributed by atoms with E-state index in [2.05, 4.69) is 0 Å². The molecule has 0 bridgehead atoms. The lowest BCUT2D eigenvalue weighted by Gasteiger charge is -2.45. The van der Waals surface area contributed by atoms with Gasteiger partial charge in [-0.15, -0.1) is 0 Å². The van der Waals surface area contributed by atoms with Gasteiger partial charge in [-0.2, -0.15) is 0 Å². The molecule has 3 aliphatic rings. The number of rotatable bonds is 7. The molecule has 3 fully saturated rings. The van der Waals surface area contributed by atoms with Gasteiger partial charge < -0.3 is 74.7 Å². The van der Waals surface area contributed by atoms with Gasteiger partial charge in [-0.05, 0) is 0 Å². The molecule has 0 saturated carbocycles. The minimum atomic E-state index is -1.86. The maximum absolute atomic E-state index is 10.6. The van der Waals surface area contributed by atoms with Crippen LogP contribution in [0.3, 0.4) is 0 Å². The summed E-state index contributed by atoms with van der Waals surface area (Å²) in [5.41, 5.74) is 0. The number of aliphatic hydroxyl groups excluding tert-OH is 10. The molecule has 0 spiro atoms. The predicted octanol–water partition coefficient (Wildman–Crippen LogP) is -6.54. The SMILES string of the molecule is OC[C@H]1O[C@H](OC[C@H]2O[C@H](O)[C@@H](O)[C@@H](O[C@H]3O[C@H](CO)[C@@H](O)C[C@@H]3O)[C@@H]2O)[C@@H](O)[C@@H](O)[C@@H]1O. The summed E-state index contributed by atoms with van der Waals surface area (Å²) < 4.78 is 26.3. The average Bonchev–Trinajstić information content (AvgIpc) is 2.79. The topological polar surface area (TPSA) is 248 Å². The first-order valence-corrected chi connectivity index (χ1v) is 10.5. The molecule has 3 saturated heterocycles. The van der Waals surface area contributed by atoms with Crippen molar-refractivity contribution in [3.63, 3.8) is 0 Å². The van der Waals surface area contributed by atoms with Crippen LogP contribution in [0.25, 0.3) is 0 Å². The first-order chi connectivity index (χ1) is 15.6. The highest BCUT2D eigenvalue weighted by Crippen LogP contribution is 2.29. The van der Waals surface area contributed by atoms with E-state index in [1.807, 2.05) is 0 Å². The minimum absolute atomic E-state index is 0.211. The van der Waals surface area contributed by atoms with E-state index in [9.17, 15) is 51.1 Å². The third-order valence-corrected chi connectivity index (χ3v) is 5.94. The maximum Gasteiger partial charge on any atom is 0.186 e. The van der Waals surface area contributed by atoms with E-state index in [1.165, 1.54) is 0 Å². The molecule has 3 heterocycles. The third kappa shape index (κ3) is 5.80. The van der Waals surface area contributed by atoms with Crippen LogP contribution in [0.15, 0.2) is 0 Å². The van der Waals surface area contributed by atoms with Crippen LogP contribution < -0.4 is 0 Å². The summed E-state index contributed by atoms with van der Waals surface area (Å²) in [6.45, 7) is -1.81. The van der Waals surface area contributed by atoms with Crippen LogP contribution in [0.2, 0.25) is 0 Å². The van der Waals surface area contributed by atoms with Crippen LogP contribution in [0.5, 0.6) is 0 Å². The Kier molecular flexibility index (Phi) is 9.35. The van der Waals surface area contributed by atoms with E-state index in [1.54, 1.807) is 0 Å². The molecule has 0 aromatic rings. The molecular formula is C18H32O15. The summed E-state index contributed by atoms with van der Waals surface area (Å²) >= 11 is 0. The summed E-state index contributed by atoms with van der Waals surface area (Å²) in [7, 11) is 0. The Morgan fingerprint density at radius 3 is 1.88 bits per heavy atom. The molecule has 3 rings (SSSR count). The van der Waals surface area contributed by atoms with Crippen molar-refractivity contribution in [1.29, 1.82) is 0 Å². The van der Waals surface area contributed by atoms with E-state index < -0.39 is 106 Å². The van der Waals surface area contributed by atoms with E-state index in [4.69, 9.17) is 23.7 Å². The van der Waals surface area contributed by atoms with Crippen molar-refractivity contribution >= 4 is 0 Å². The first-order valence-electron chi connectivity index (χ1n) is 10.5. The highest BCUT2D eigenvalue weighted by Gasteiger charge is 2.49. The van der Waals surface area contributed by atoms with Crippen molar-refractivity contribution in [3.05, 3.63) is 0 Å². The van der Waals surface area contributed by atoms with Crippen molar-refractivity contribution in [1.82, 2.24) is 0 Å². The number of hydrogen-bond donors (Lipinski definition) is 10. The fourth-order valence-corrected chi connectivity index (χ4v) is 3.92. The van der Waals surface area contributed by atoms with Gasteiger partial charge in [0.1, 0.15) is 61.0 Å². The molecule has 0 unspecified atom stereocenters. The minimum Gasteiger partial charge on any atom is -0.394 e. The lowest BCUT2D eigenvalue weighted by molar-refractivity contribution is -0.353. The molecule has 14 atom stereocenters. The van der Waals surface area contributed by atoms with Crippen molar-refractivity contribution in [2.75, 3.05) is 19.8 Å². The van der Waals surface area contributed by atoms with Gasteiger partial charge in [-0.3, -0.25) is 0 Å². The molecule has 15 nitrogen and oxygen atoms in total. The Hall–Kier alpha value is -0.600. The molecule has 33 heavy (non-hydrogen) atoms. The van der Waals surface area contributed by atoms with Crippen molar-refractivity contribution in [2.24, 2.45) is 0 Å². The van der Waals surface area contributed by atoms with Gasteiger partial charge in [0.2, 0.25) is 0 Å². The quantitative estimate of drug-likeness (QED) is 0.160. The summed E-state index contributed by atoms with van der Waals surface area (Å²) in [6, 6.07) is 0. The van der Waals surface area contributed by atoms with Crippen molar-refractivity contribution in [3.8, 4) is 0 Å². The molecule has 15 heteroatoms. The van der Waals surface area contributed by atoms with E-state index >= 15 is 0 Å². The van der Waals surface area contributed by atoms with Gasteiger partial charge in [0.15, 0.2) is 18.9 Å². The van der Waals surface area contributed by atoms with Crippen molar-refractivity contribution in [2.45, 2.75) is 92.4 Å². The fraction of sp³-hybridized carbons (Fsp3) is 1.00. The van der Waals surface area contributed by atoms with Crippen LogP contribution in [0, 0.1) is 0 Å². The monoisotopic (exact) mass is 488 g/mol. The van der Waals surface area contributed by atoms with Crippen molar-refractivity contribution < 1.29 is 74.7 Å². The van der Waals surface area contributed by atoms with Crippen LogP contribution in [0.1, 0.15) is 6.42 Å². The summed E-state index contributed by atoms with van der Waals surface area (Å²) in [5, 5.41) is 98.9. The Bertz CT molecular complexity index is 609. The molecule has 0 amide bonds. The summed E-state index contributed by atoms with van der Waals surface area (Å²) in [5.74, 6) is 0. The summed E-state index contributed by atoms with van der Waals surface area (Å²) in [4.78, 5) is 0. The second kappa shape index (κ2) is 11.4. The van der Waals surface area contributed by atoms with Crippen LogP contribution >= 0.6 is 0 Å². The second-order valence-corrected chi connectivity index (χ2v) is 8.27. The van der Waals surface area contributed by atoms with Crippen LogP contribution in [0.4, 0.5) is 0 Å². The van der Waals surface area contributed by atoms with Gasteiger partial charge in [-0.25, -0.2) is 0 Å². The van der Waals surface area contributed by atoms with Gasteiger partial charge in [-0.1, -0.05) is 0 Å². The summed E-state index contributed by atoms with van der Waals surface area (Å²) in [6.07, 6.45) is -21.3.